The van der Waals surface area contributed by atoms with Crippen LogP contribution >= 0.6 is 0 Å². The number of nitrogens with zero attached hydrogens (tertiary/aromatic N) is 1. The van der Waals surface area contributed by atoms with Crippen LogP contribution in [-0.4, -0.2) is 30.7 Å². The molecule has 7 heteroatoms. The SMILES string of the molecule is CCCNCc1n[nH]c(C)c1S(=O)(=O)NC1(C)CCCC1. The predicted molar refractivity (Wildman–Crippen MR) is 82.5 cm³/mol. The highest BCUT2D eigenvalue weighted by molar-refractivity contribution is 7.89. The Bertz CT molecular complexity index is 574. The summed E-state index contributed by atoms with van der Waals surface area (Å²) < 4.78 is 28.3. The fraction of sp³-hybridized carbons (Fsp3) is 0.786. The van der Waals surface area contributed by atoms with Crippen molar-refractivity contribution in [1.29, 1.82) is 0 Å². The van der Waals surface area contributed by atoms with Crippen LogP contribution in [0.25, 0.3) is 0 Å². The Morgan fingerprint density at radius 3 is 2.62 bits per heavy atom. The standard InChI is InChI=1S/C14H26N4O2S/c1-4-9-15-10-12-13(11(2)16-17-12)21(19,20)18-14(3)7-5-6-8-14/h15,18H,4-10H2,1-3H3,(H,16,17). The highest BCUT2D eigenvalue weighted by Crippen LogP contribution is 2.31. The smallest absolute Gasteiger partial charge is 0.244 e. The van der Waals surface area contributed by atoms with Crippen LogP contribution in [0.5, 0.6) is 0 Å². The van der Waals surface area contributed by atoms with E-state index >= 15 is 0 Å². The lowest BCUT2D eigenvalue weighted by Gasteiger charge is -2.25. The first-order valence-electron chi connectivity index (χ1n) is 7.66. The Labute approximate surface area is 127 Å². The molecule has 120 valence electrons. The van der Waals surface area contributed by atoms with Gasteiger partial charge in [0.25, 0.3) is 0 Å². The van der Waals surface area contributed by atoms with Crippen LogP contribution in [0.4, 0.5) is 0 Å². The molecule has 0 bridgehead atoms. The highest BCUT2D eigenvalue weighted by atomic mass is 32.2. The third kappa shape index (κ3) is 3.84. The van der Waals surface area contributed by atoms with Crippen molar-refractivity contribution >= 4 is 10.0 Å². The summed E-state index contributed by atoms with van der Waals surface area (Å²) in [4.78, 5) is 0.305. The van der Waals surface area contributed by atoms with Crippen molar-refractivity contribution in [3.8, 4) is 0 Å². The second-order valence-electron chi connectivity index (χ2n) is 6.17. The summed E-state index contributed by atoms with van der Waals surface area (Å²) in [6, 6.07) is 0. The lowest BCUT2D eigenvalue weighted by molar-refractivity contribution is 0.427. The molecule has 1 saturated carbocycles. The molecule has 21 heavy (non-hydrogen) atoms. The number of H-pyrrole nitrogens is 1. The minimum Gasteiger partial charge on any atom is -0.311 e. The average molecular weight is 314 g/mol. The number of sulfonamides is 1. The molecular formula is C14H26N4O2S. The maximum Gasteiger partial charge on any atom is 0.244 e. The molecule has 1 heterocycles. The molecule has 1 aliphatic rings. The Morgan fingerprint density at radius 2 is 2.00 bits per heavy atom. The van der Waals surface area contributed by atoms with Gasteiger partial charge in [-0.05, 0) is 39.7 Å². The van der Waals surface area contributed by atoms with Gasteiger partial charge in [-0.15, -0.1) is 0 Å². The molecule has 0 saturated heterocycles. The van der Waals surface area contributed by atoms with E-state index in [1.54, 1.807) is 6.92 Å². The number of aromatic amines is 1. The molecule has 0 aromatic carbocycles. The monoisotopic (exact) mass is 314 g/mol. The van der Waals surface area contributed by atoms with Crippen molar-refractivity contribution in [2.24, 2.45) is 0 Å². The molecule has 0 aliphatic heterocycles. The normalized spacial score (nSPS) is 18.2. The Hall–Kier alpha value is -0.920. The molecule has 6 nitrogen and oxygen atoms in total. The van der Waals surface area contributed by atoms with Gasteiger partial charge in [0.05, 0.1) is 11.4 Å². The predicted octanol–water partition coefficient (Wildman–Crippen LogP) is 1.83. The number of hydrogen-bond donors (Lipinski definition) is 3. The molecule has 1 aliphatic carbocycles. The number of hydrogen-bond acceptors (Lipinski definition) is 4. The van der Waals surface area contributed by atoms with Crippen LogP contribution < -0.4 is 10.0 Å². The van der Waals surface area contributed by atoms with Crippen molar-refractivity contribution in [3.63, 3.8) is 0 Å². The van der Waals surface area contributed by atoms with Crippen LogP contribution in [-0.2, 0) is 16.6 Å². The molecule has 1 aromatic rings. The first-order valence-corrected chi connectivity index (χ1v) is 9.15. The van der Waals surface area contributed by atoms with Crippen molar-refractivity contribution in [2.45, 2.75) is 69.9 Å². The van der Waals surface area contributed by atoms with Crippen LogP contribution in [0.2, 0.25) is 0 Å². The van der Waals surface area contributed by atoms with E-state index in [9.17, 15) is 8.42 Å². The second kappa shape index (κ2) is 6.46. The van der Waals surface area contributed by atoms with Crippen molar-refractivity contribution in [2.75, 3.05) is 6.54 Å². The second-order valence-corrected chi connectivity index (χ2v) is 7.79. The van der Waals surface area contributed by atoms with Crippen molar-refractivity contribution in [3.05, 3.63) is 11.4 Å². The lowest BCUT2D eigenvalue weighted by Crippen LogP contribution is -2.43. The lowest BCUT2D eigenvalue weighted by atomic mass is 10.0. The first kappa shape index (κ1) is 16.5. The van der Waals surface area contributed by atoms with E-state index in [0.717, 1.165) is 38.6 Å². The summed E-state index contributed by atoms with van der Waals surface area (Å²) in [6.45, 7) is 7.12. The van der Waals surface area contributed by atoms with E-state index < -0.39 is 10.0 Å². The number of aromatic nitrogens is 2. The van der Waals surface area contributed by atoms with Gasteiger partial charge in [-0.3, -0.25) is 5.10 Å². The first-order chi connectivity index (χ1) is 9.88. The largest absolute Gasteiger partial charge is 0.311 e. The van der Waals surface area contributed by atoms with Gasteiger partial charge in [0, 0.05) is 12.1 Å². The molecule has 0 radical (unpaired) electrons. The molecule has 0 unspecified atom stereocenters. The molecule has 0 amide bonds. The van der Waals surface area contributed by atoms with Crippen LogP contribution in [0.3, 0.4) is 0 Å². The van der Waals surface area contributed by atoms with Gasteiger partial charge in [-0.25, -0.2) is 13.1 Å². The molecule has 1 fully saturated rings. The quantitative estimate of drug-likeness (QED) is 0.670. The van der Waals surface area contributed by atoms with Gasteiger partial charge in [0.15, 0.2) is 0 Å². The van der Waals surface area contributed by atoms with Gasteiger partial charge >= 0.3 is 0 Å². The average Bonchev–Trinajstić information content (AvgIpc) is 2.96. The number of aryl methyl sites for hydroxylation is 1. The van der Waals surface area contributed by atoms with Crippen LogP contribution in [0, 0.1) is 6.92 Å². The van der Waals surface area contributed by atoms with Gasteiger partial charge in [-0.2, -0.15) is 5.10 Å². The van der Waals surface area contributed by atoms with Gasteiger partial charge in [-0.1, -0.05) is 19.8 Å². The fourth-order valence-corrected chi connectivity index (χ4v) is 4.79. The van der Waals surface area contributed by atoms with E-state index in [4.69, 9.17) is 0 Å². The molecule has 2 rings (SSSR count). The summed E-state index contributed by atoms with van der Waals surface area (Å²) in [6.07, 6.45) is 4.95. The zero-order valence-electron chi connectivity index (χ0n) is 13.1. The van der Waals surface area contributed by atoms with Crippen molar-refractivity contribution in [1.82, 2.24) is 20.2 Å². The molecule has 0 spiro atoms. The van der Waals surface area contributed by atoms with E-state index in [1.807, 2.05) is 6.92 Å². The Kier molecular flexibility index (Phi) is 5.06. The van der Waals surface area contributed by atoms with Gasteiger partial charge in [0.1, 0.15) is 4.90 Å². The van der Waals surface area contributed by atoms with Gasteiger partial charge < -0.3 is 5.32 Å². The van der Waals surface area contributed by atoms with E-state index in [-0.39, 0.29) is 5.54 Å². The van der Waals surface area contributed by atoms with Crippen molar-refractivity contribution < 1.29 is 8.42 Å². The summed E-state index contributed by atoms with van der Waals surface area (Å²) >= 11 is 0. The Morgan fingerprint density at radius 1 is 1.33 bits per heavy atom. The summed E-state index contributed by atoms with van der Waals surface area (Å²) in [5.74, 6) is 0. The van der Waals surface area contributed by atoms with E-state index in [2.05, 4.69) is 27.2 Å². The fourth-order valence-electron chi connectivity index (χ4n) is 2.96. The summed E-state index contributed by atoms with van der Waals surface area (Å²) in [5.41, 5.74) is 0.837. The molecule has 3 N–H and O–H groups in total. The highest BCUT2D eigenvalue weighted by Gasteiger charge is 2.35. The van der Waals surface area contributed by atoms with E-state index in [1.165, 1.54) is 0 Å². The third-order valence-electron chi connectivity index (χ3n) is 4.04. The third-order valence-corrected chi connectivity index (χ3v) is 5.88. The Balaban J connectivity index is 2.20. The van der Waals surface area contributed by atoms with Gasteiger partial charge in [0.2, 0.25) is 10.0 Å². The molecular weight excluding hydrogens is 288 g/mol. The minimum absolute atomic E-state index is 0.305. The zero-order chi connectivity index (χ0) is 15.5. The molecule has 0 atom stereocenters. The minimum atomic E-state index is -3.54. The topological polar surface area (TPSA) is 86.9 Å². The number of nitrogens with one attached hydrogen (secondary N) is 3. The summed E-state index contributed by atoms with van der Waals surface area (Å²) in [7, 11) is -3.54. The van der Waals surface area contributed by atoms with Crippen LogP contribution in [0.1, 0.15) is 57.3 Å². The zero-order valence-corrected chi connectivity index (χ0v) is 13.9. The summed E-state index contributed by atoms with van der Waals surface area (Å²) in [5, 5.41) is 10.1. The molecule has 1 aromatic heterocycles. The number of rotatable bonds is 7. The maximum atomic E-state index is 12.7. The van der Waals surface area contributed by atoms with E-state index in [0.29, 0.717) is 22.8 Å². The maximum absolute atomic E-state index is 12.7. The van der Waals surface area contributed by atoms with Crippen LogP contribution in [0.15, 0.2) is 4.90 Å².